The minimum atomic E-state index is -0.597. The molecule has 0 atom stereocenters. The Bertz CT molecular complexity index is 3300. The summed E-state index contributed by atoms with van der Waals surface area (Å²) in [7, 11) is 7.82. The molecule has 7 aromatic rings. The van der Waals surface area contributed by atoms with Gasteiger partial charge in [0.1, 0.15) is 59.2 Å². The number of halogens is 5. The van der Waals surface area contributed by atoms with Crippen molar-refractivity contribution in [1.29, 1.82) is 10.7 Å². The zero-order valence-corrected chi connectivity index (χ0v) is 56.9. The summed E-state index contributed by atoms with van der Waals surface area (Å²) >= 11 is 35.2. The van der Waals surface area contributed by atoms with E-state index >= 15 is 0 Å². The number of carbonyl (C=O) groups is 3. The molecule has 0 saturated heterocycles. The van der Waals surface area contributed by atoms with Gasteiger partial charge in [-0.15, -0.1) is 23.3 Å². The van der Waals surface area contributed by atoms with Gasteiger partial charge in [-0.1, -0.05) is 70.2 Å². The van der Waals surface area contributed by atoms with Crippen molar-refractivity contribution in [3.63, 3.8) is 0 Å². The Morgan fingerprint density at radius 1 is 0.721 bits per heavy atom. The van der Waals surface area contributed by atoms with Gasteiger partial charge in [0, 0.05) is 48.9 Å². The quantitative estimate of drug-likeness (QED) is 0.00589. The smallest absolute Gasteiger partial charge is 0.813 e. The van der Waals surface area contributed by atoms with E-state index in [1.165, 1.54) is 48.5 Å². The first-order valence-corrected chi connectivity index (χ1v) is 27.1. The molecule has 0 fully saturated rings. The van der Waals surface area contributed by atoms with Gasteiger partial charge in [0.2, 0.25) is 0 Å². The number of nitrogens with one attached hydrogen (secondary N) is 2. The molecular formula is C56H63Cl5N11NaO10S3. The van der Waals surface area contributed by atoms with E-state index in [0.717, 1.165) is 11.1 Å². The molecule has 5 aromatic carbocycles. The van der Waals surface area contributed by atoms with Crippen LogP contribution in [-0.2, 0) is 37.4 Å². The van der Waals surface area contributed by atoms with Gasteiger partial charge in [-0.05, 0) is 125 Å². The number of ether oxygens (including phenoxy) is 7. The molecule has 7 rings (SSSR count). The Labute approximate surface area is 564 Å². The number of H-pyrrole nitrogens is 1. The standard InChI is InChI=1S/C15H16ClN3O3.C9H8ClN3O.C9H10ClNOS.C8H8ClNOS.C8H6ClNO.C6H8O2.CH2O.H4N2.Na.H2S/c1-10(2)22-14(20)6-7-19-9-17-15(18-19)12-8-11(16)4-5-13(12)21-3;1-14-8-3-2-6(10)4-7(8)9-11-5-12-13-9;1-12-8-4-3-6(10)5-7(8)9(11)13-2;1-11-7-3-2-5(9)4-6(7)8(10)12;1-11-8-3-2-7(9)4-6(8)5-10;1-4-6(7)8-5(2)3;2*1-2;;/h4-10H,1-3H3;2-5H,1H3,(H,11,12,13);3-5,11H,1-2H3;2-4H,1H3,(H2,10,12);2-4H,1H3;1,5H,2-3H3;1H2;1-2H2;;1H2/q;;;;;;;;+1;/p-1/b7-6-;;;;;;;;;. The number of thiol groups is 1. The number of esters is 2. The van der Waals surface area contributed by atoms with Gasteiger partial charge in [0.25, 0.3) is 0 Å². The number of hydrogen-bond acceptors (Lipinski definition) is 21. The SMILES string of the molecule is C#CC(=O)OC(C)C.C=O.COc1ccc(Cl)cc1-c1ncn(/C=C\C(=O)OC(C)C)n1.COc1ccc(Cl)cc1-c1ncn[nH]1.COc1ccc(Cl)cc1C#N.COc1ccc(Cl)cc1C(=N)SC.COc1ccc(Cl)cc1C(N)=S.NN.[Na+].[SH-]. The zero-order valence-electron chi connectivity index (χ0n) is 48.6. The van der Waals surface area contributed by atoms with Crippen molar-refractivity contribution in [2.75, 3.05) is 41.8 Å². The predicted octanol–water partition coefficient (Wildman–Crippen LogP) is 8.34. The number of aromatic amines is 1. The van der Waals surface area contributed by atoms with E-state index in [1.807, 2.05) is 25.0 Å². The van der Waals surface area contributed by atoms with Gasteiger partial charge in [-0.25, -0.2) is 24.2 Å². The molecule has 0 saturated carbocycles. The molecule has 456 valence electrons. The number of aromatic nitrogens is 6. The van der Waals surface area contributed by atoms with Crippen LogP contribution in [0.15, 0.2) is 110 Å². The van der Waals surface area contributed by atoms with Crippen molar-refractivity contribution < 1.29 is 77.1 Å². The fourth-order valence-corrected chi connectivity index (χ4v) is 7.19. The molecule has 8 N–H and O–H groups in total. The molecule has 0 aliphatic heterocycles. The Balaban J connectivity index is -0.000000970. The van der Waals surface area contributed by atoms with E-state index in [-0.39, 0.29) is 60.2 Å². The molecule has 30 heteroatoms. The second kappa shape index (κ2) is 47.5. The van der Waals surface area contributed by atoms with Crippen LogP contribution >= 0.6 is 82.0 Å². The normalized spacial score (nSPS) is 9.31. The molecule has 0 bridgehead atoms. The summed E-state index contributed by atoms with van der Waals surface area (Å²) in [6, 6.07) is 27.8. The molecule has 0 radical (unpaired) electrons. The summed E-state index contributed by atoms with van der Waals surface area (Å²) in [6.07, 6.45) is 11.9. The van der Waals surface area contributed by atoms with E-state index in [2.05, 4.69) is 41.7 Å². The number of rotatable bonds is 13. The third kappa shape index (κ3) is 31.7. The molecule has 0 spiro atoms. The zero-order chi connectivity index (χ0) is 63.9. The van der Waals surface area contributed by atoms with Crippen LogP contribution in [-0.4, -0.2) is 113 Å². The van der Waals surface area contributed by atoms with Crippen molar-refractivity contribution in [2.24, 2.45) is 17.4 Å². The van der Waals surface area contributed by atoms with Crippen LogP contribution in [0.5, 0.6) is 28.7 Å². The molecule has 0 aliphatic carbocycles. The molecule has 86 heavy (non-hydrogen) atoms. The summed E-state index contributed by atoms with van der Waals surface area (Å²) in [5, 5.41) is 30.4. The van der Waals surface area contributed by atoms with E-state index < -0.39 is 11.9 Å². The maximum atomic E-state index is 11.4. The number of thioether (sulfide) groups is 1. The Morgan fingerprint density at radius 3 is 1.57 bits per heavy atom. The number of terminal acetylenes is 1. The van der Waals surface area contributed by atoms with Crippen molar-refractivity contribution in [3.8, 4) is 69.9 Å². The van der Waals surface area contributed by atoms with Gasteiger partial charge in [-0.2, -0.15) is 10.4 Å². The van der Waals surface area contributed by atoms with Gasteiger partial charge in [0.15, 0.2) is 11.6 Å². The minimum Gasteiger partial charge on any atom is -0.813 e. The molecule has 2 heterocycles. The largest absolute Gasteiger partial charge is 1.00 e. The van der Waals surface area contributed by atoms with E-state index in [1.54, 1.807) is 147 Å². The summed E-state index contributed by atoms with van der Waals surface area (Å²) < 4.78 is 36.4. The number of nitrogens with two attached hydrogens (primary N) is 3. The fourth-order valence-electron chi connectivity index (χ4n) is 5.79. The van der Waals surface area contributed by atoms with E-state index in [0.29, 0.717) is 87.2 Å². The Morgan fingerprint density at radius 2 is 1.15 bits per heavy atom. The van der Waals surface area contributed by atoms with Crippen molar-refractivity contribution in [2.45, 2.75) is 39.9 Å². The topological polar surface area (TPSA) is 314 Å². The maximum Gasteiger partial charge on any atom is 1.00 e. The third-order valence-corrected chi connectivity index (χ3v) is 11.3. The number of nitriles is 1. The molecule has 0 amide bonds. The minimum absolute atomic E-state index is 0. The van der Waals surface area contributed by atoms with Crippen molar-refractivity contribution in [3.05, 3.63) is 152 Å². The third-order valence-electron chi connectivity index (χ3n) is 9.24. The number of benzene rings is 5. The van der Waals surface area contributed by atoms with Crippen LogP contribution in [0.2, 0.25) is 25.1 Å². The molecular weight excluding hydrogens is 1280 g/mol. The number of nitrogens with zero attached hydrogens (tertiary/aromatic N) is 6. The van der Waals surface area contributed by atoms with Crippen molar-refractivity contribution >= 4 is 130 Å². The second-order valence-electron chi connectivity index (χ2n) is 15.5. The van der Waals surface area contributed by atoms with Crippen LogP contribution in [0.3, 0.4) is 0 Å². The maximum absolute atomic E-state index is 11.4. The van der Waals surface area contributed by atoms with Crippen LogP contribution in [0.25, 0.3) is 29.0 Å². The van der Waals surface area contributed by atoms with Gasteiger partial charge >= 0.3 is 41.5 Å². The number of thiocarbonyl (C=S) groups is 1. The summed E-state index contributed by atoms with van der Waals surface area (Å²) in [6.45, 7) is 9.06. The van der Waals surface area contributed by atoms with Crippen LogP contribution in [0.4, 0.5) is 0 Å². The number of methoxy groups -OCH3 is 5. The van der Waals surface area contributed by atoms with Crippen LogP contribution in [0, 0.1) is 29.1 Å². The first-order valence-electron chi connectivity index (χ1n) is 23.5. The first-order chi connectivity index (χ1) is 40.1. The second-order valence-corrected chi connectivity index (χ2v) is 19.0. The summed E-state index contributed by atoms with van der Waals surface area (Å²) in [5.74, 6) is 13.1. The number of carbonyl (C=O) groups excluding carboxylic acids is 3. The average Bonchev–Trinajstić information content (AvgIpc) is 4.24. The number of hydrazine groups is 1. The summed E-state index contributed by atoms with van der Waals surface area (Å²) in [5.41, 5.74) is 8.79. The van der Waals surface area contributed by atoms with E-state index in [9.17, 15) is 9.59 Å². The first kappa shape index (κ1) is 83.6. The Kier molecular flexibility index (Phi) is 46.2. The van der Waals surface area contributed by atoms with Gasteiger partial charge in [-0.3, -0.25) is 22.2 Å². The molecule has 2 aromatic heterocycles. The van der Waals surface area contributed by atoms with Gasteiger partial charge < -0.3 is 57.2 Å². The van der Waals surface area contributed by atoms with Crippen molar-refractivity contribution in [1.82, 2.24) is 29.9 Å². The molecule has 0 unspecified atom stereocenters. The van der Waals surface area contributed by atoms with Crippen LogP contribution in [0.1, 0.15) is 44.4 Å². The predicted molar refractivity (Wildman–Crippen MR) is 346 cm³/mol. The molecule has 0 aliphatic rings. The Hall–Kier alpha value is -6.59. The van der Waals surface area contributed by atoms with Crippen LogP contribution < -0.4 is 70.7 Å². The van der Waals surface area contributed by atoms with Gasteiger partial charge in [0.05, 0.1) is 75.1 Å². The fraction of sp³-hybridized carbons (Fsp3) is 0.214. The summed E-state index contributed by atoms with van der Waals surface area (Å²) in [4.78, 5) is 38.1. The average molecular weight is 1350 g/mol. The van der Waals surface area contributed by atoms with E-state index in [4.69, 9.17) is 126 Å². The number of hydrogen-bond donors (Lipinski definition) is 5. The molecule has 21 nitrogen and oxygen atoms in total. The monoisotopic (exact) mass is 1340 g/mol.